The predicted octanol–water partition coefficient (Wildman–Crippen LogP) is 4.00. The molecular formula is C24H26N2O8. The number of ether oxygens (including phenoxy) is 2. The summed E-state index contributed by atoms with van der Waals surface area (Å²) in [5.41, 5.74) is 1.17. The van der Waals surface area contributed by atoms with Gasteiger partial charge in [-0.25, -0.2) is 4.79 Å². The smallest absolute Gasteiger partial charge is 0.338 e. The third-order valence-corrected chi connectivity index (χ3v) is 4.62. The Labute approximate surface area is 196 Å². The second-order valence-corrected chi connectivity index (χ2v) is 7.78. The monoisotopic (exact) mass is 470 g/mol. The molecule has 0 aromatic heterocycles. The SMILES string of the molecule is Cc1ccc(C(=O)COC(=O)CCCC(=O)Nc2ccc(C(=O)OC(C)C)cc2)cc1[N+](=O)[O-]. The van der Waals surface area contributed by atoms with E-state index in [1.54, 1.807) is 32.9 Å². The number of esters is 2. The molecule has 2 rings (SSSR count). The lowest BCUT2D eigenvalue weighted by atomic mass is 10.1. The zero-order chi connectivity index (χ0) is 25.3. The van der Waals surface area contributed by atoms with Crippen LogP contribution < -0.4 is 5.32 Å². The molecule has 0 saturated heterocycles. The summed E-state index contributed by atoms with van der Waals surface area (Å²) in [6.45, 7) is 4.51. The standard InChI is InChI=1S/C24H26N2O8/c1-15(2)34-24(30)17-9-11-19(12-10-17)25-22(28)5-4-6-23(29)33-14-21(27)18-8-7-16(3)20(13-18)26(31)32/h7-13,15H,4-6,14H2,1-3H3,(H,25,28). The van der Waals surface area contributed by atoms with Gasteiger partial charge in [0.25, 0.3) is 5.69 Å². The molecular weight excluding hydrogens is 444 g/mol. The van der Waals surface area contributed by atoms with E-state index in [2.05, 4.69) is 5.32 Å². The number of anilines is 1. The number of hydrogen-bond acceptors (Lipinski definition) is 8. The molecule has 2 aromatic rings. The fourth-order valence-corrected chi connectivity index (χ4v) is 2.87. The molecule has 0 spiro atoms. The van der Waals surface area contributed by atoms with Crippen molar-refractivity contribution < 1.29 is 33.6 Å². The third kappa shape index (κ3) is 8.12. The fraction of sp³-hybridized carbons (Fsp3) is 0.333. The number of ketones is 1. The maximum Gasteiger partial charge on any atom is 0.338 e. The van der Waals surface area contributed by atoms with Gasteiger partial charge in [0.1, 0.15) is 0 Å². The van der Waals surface area contributed by atoms with E-state index in [1.807, 2.05) is 0 Å². The van der Waals surface area contributed by atoms with Gasteiger partial charge in [-0.1, -0.05) is 12.1 Å². The number of nitro benzene ring substituents is 1. The molecule has 0 aliphatic rings. The van der Waals surface area contributed by atoms with Crippen LogP contribution in [0.15, 0.2) is 42.5 Å². The average molecular weight is 470 g/mol. The van der Waals surface area contributed by atoms with Gasteiger partial charge in [-0.15, -0.1) is 0 Å². The highest BCUT2D eigenvalue weighted by Gasteiger charge is 2.16. The van der Waals surface area contributed by atoms with Crippen LogP contribution in [0.4, 0.5) is 11.4 Å². The first kappa shape index (κ1) is 26.2. The van der Waals surface area contributed by atoms with Crippen molar-refractivity contribution in [3.63, 3.8) is 0 Å². The number of nitrogens with one attached hydrogen (secondary N) is 1. The van der Waals surface area contributed by atoms with Crippen LogP contribution in [0.1, 0.15) is 59.4 Å². The first-order valence-corrected chi connectivity index (χ1v) is 10.6. The highest BCUT2D eigenvalue weighted by atomic mass is 16.6. The van der Waals surface area contributed by atoms with E-state index in [0.29, 0.717) is 16.8 Å². The molecule has 0 heterocycles. The molecule has 0 atom stereocenters. The topological polar surface area (TPSA) is 142 Å². The summed E-state index contributed by atoms with van der Waals surface area (Å²) in [4.78, 5) is 58.3. The van der Waals surface area contributed by atoms with Crippen LogP contribution in [0.2, 0.25) is 0 Å². The maximum absolute atomic E-state index is 12.1. The second kappa shape index (κ2) is 12.2. The number of nitro groups is 1. The summed E-state index contributed by atoms with van der Waals surface area (Å²) >= 11 is 0. The number of carbonyl (C=O) groups is 4. The Kier molecular flexibility index (Phi) is 9.42. The van der Waals surface area contributed by atoms with Gasteiger partial charge in [0.2, 0.25) is 11.7 Å². The van der Waals surface area contributed by atoms with Crippen molar-refractivity contribution in [1.82, 2.24) is 0 Å². The van der Waals surface area contributed by atoms with E-state index in [1.165, 1.54) is 24.3 Å². The van der Waals surface area contributed by atoms with Gasteiger partial charge in [-0.3, -0.25) is 24.5 Å². The molecule has 180 valence electrons. The van der Waals surface area contributed by atoms with Gasteiger partial charge in [0.05, 0.1) is 16.6 Å². The normalized spacial score (nSPS) is 10.5. The molecule has 1 amide bonds. The van der Waals surface area contributed by atoms with Gasteiger partial charge in [-0.05, 0) is 51.5 Å². The van der Waals surface area contributed by atoms with Crippen LogP contribution in [0, 0.1) is 17.0 Å². The molecule has 0 aliphatic heterocycles. The van der Waals surface area contributed by atoms with E-state index in [0.717, 1.165) is 6.07 Å². The molecule has 0 unspecified atom stereocenters. The molecule has 10 heteroatoms. The molecule has 2 aromatic carbocycles. The van der Waals surface area contributed by atoms with Crippen molar-refractivity contribution in [1.29, 1.82) is 0 Å². The Morgan fingerprint density at radius 3 is 2.26 bits per heavy atom. The van der Waals surface area contributed by atoms with E-state index in [-0.39, 0.29) is 42.5 Å². The lowest BCUT2D eigenvalue weighted by Crippen LogP contribution is -2.16. The quantitative estimate of drug-likeness (QED) is 0.225. The van der Waals surface area contributed by atoms with Gasteiger partial charge in [-0.2, -0.15) is 0 Å². The summed E-state index contributed by atoms with van der Waals surface area (Å²) < 4.78 is 10.0. The second-order valence-electron chi connectivity index (χ2n) is 7.78. The highest BCUT2D eigenvalue weighted by molar-refractivity contribution is 5.98. The minimum absolute atomic E-state index is 0.0460. The van der Waals surface area contributed by atoms with Crippen LogP contribution in [-0.2, 0) is 19.1 Å². The number of carbonyl (C=O) groups excluding carboxylic acids is 4. The van der Waals surface area contributed by atoms with Gasteiger partial charge in [0.15, 0.2) is 6.61 Å². The number of aryl methyl sites for hydroxylation is 1. The van der Waals surface area contributed by atoms with Gasteiger partial charge >= 0.3 is 11.9 Å². The van der Waals surface area contributed by atoms with Crippen LogP contribution in [-0.4, -0.2) is 41.3 Å². The molecule has 0 aliphatic carbocycles. The Bertz CT molecular complexity index is 1080. The number of amides is 1. The summed E-state index contributed by atoms with van der Waals surface area (Å²) in [5, 5.41) is 13.6. The lowest BCUT2D eigenvalue weighted by Gasteiger charge is -2.09. The van der Waals surface area contributed by atoms with Gasteiger partial charge < -0.3 is 14.8 Å². The lowest BCUT2D eigenvalue weighted by molar-refractivity contribution is -0.385. The Balaban J connectivity index is 1.73. The first-order valence-electron chi connectivity index (χ1n) is 10.6. The molecule has 1 N–H and O–H groups in total. The summed E-state index contributed by atoms with van der Waals surface area (Å²) in [7, 11) is 0. The molecule has 0 saturated carbocycles. The maximum atomic E-state index is 12.1. The summed E-state index contributed by atoms with van der Waals surface area (Å²) in [6, 6.07) is 10.3. The van der Waals surface area contributed by atoms with Crippen molar-refractivity contribution in [2.75, 3.05) is 11.9 Å². The molecule has 0 bridgehead atoms. The fourth-order valence-electron chi connectivity index (χ4n) is 2.87. The van der Waals surface area contributed by atoms with E-state index >= 15 is 0 Å². The van der Waals surface area contributed by atoms with Crippen molar-refractivity contribution in [3.8, 4) is 0 Å². The van der Waals surface area contributed by atoms with Crippen LogP contribution >= 0.6 is 0 Å². The number of hydrogen-bond donors (Lipinski definition) is 1. The number of rotatable bonds is 11. The molecule has 34 heavy (non-hydrogen) atoms. The van der Waals surface area contributed by atoms with Crippen molar-refractivity contribution in [3.05, 3.63) is 69.3 Å². The van der Waals surface area contributed by atoms with Crippen LogP contribution in [0.3, 0.4) is 0 Å². The predicted molar refractivity (Wildman–Crippen MR) is 123 cm³/mol. The summed E-state index contributed by atoms with van der Waals surface area (Å²) in [5.74, 6) is -2.00. The highest BCUT2D eigenvalue weighted by Crippen LogP contribution is 2.19. The zero-order valence-corrected chi connectivity index (χ0v) is 19.2. The Morgan fingerprint density at radius 2 is 1.65 bits per heavy atom. The number of benzene rings is 2. The molecule has 0 fully saturated rings. The zero-order valence-electron chi connectivity index (χ0n) is 19.2. The van der Waals surface area contributed by atoms with E-state index < -0.39 is 29.3 Å². The average Bonchev–Trinajstić information content (AvgIpc) is 2.77. The summed E-state index contributed by atoms with van der Waals surface area (Å²) in [6.07, 6.45) is -0.0621. The van der Waals surface area contributed by atoms with E-state index in [9.17, 15) is 29.3 Å². The number of nitrogens with zero attached hydrogens (tertiary/aromatic N) is 1. The third-order valence-electron chi connectivity index (χ3n) is 4.62. The minimum Gasteiger partial charge on any atom is -0.459 e. The van der Waals surface area contributed by atoms with E-state index in [4.69, 9.17) is 9.47 Å². The first-order chi connectivity index (χ1) is 16.1. The van der Waals surface area contributed by atoms with Gasteiger partial charge in [0, 0.05) is 35.7 Å². The van der Waals surface area contributed by atoms with Crippen molar-refractivity contribution >= 4 is 35.0 Å². The van der Waals surface area contributed by atoms with Crippen LogP contribution in [0.25, 0.3) is 0 Å². The Hall–Kier alpha value is -4.08. The Morgan fingerprint density at radius 1 is 1.00 bits per heavy atom. The van der Waals surface area contributed by atoms with Crippen molar-refractivity contribution in [2.45, 2.75) is 46.1 Å². The molecule has 0 radical (unpaired) electrons. The largest absolute Gasteiger partial charge is 0.459 e. The minimum atomic E-state index is -0.657. The van der Waals surface area contributed by atoms with Crippen LogP contribution in [0.5, 0.6) is 0 Å². The molecule has 10 nitrogen and oxygen atoms in total. The van der Waals surface area contributed by atoms with Crippen molar-refractivity contribution in [2.24, 2.45) is 0 Å². The number of Topliss-reactive ketones (excluding diaryl/α,β-unsaturated/α-hetero) is 1.